The standard InChI is InChI=1S/C19H18FN5O2S2/c1-23-11-21-16-15(23)17(26)25(19(27)24(16)2)8-3-9-28-18-22-14(10-29-18)12-4-6-13(20)7-5-12/h4-7,10-11H,3,8-9H2,1-2H3. The second-order valence-electron chi connectivity index (χ2n) is 6.53. The number of benzene rings is 1. The summed E-state index contributed by atoms with van der Waals surface area (Å²) < 4.78 is 18.2. The van der Waals surface area contributed by atoms with Gasteiger partial charge in [-0.3, -0.25) is 13.9 Å². The van der Waals surface area contributed by atoms with Gasteiger partial charge in [-0.1, -0.05) is 11.8 Å². The predicted octanol–water partition coefficient (Wildman–Crippen LogP) is 2.88. The molecule has 0 radical (unpaired) electrons. The van der Waals surface area contributed by atoms with Crippen molar-refractivity contribution in [1.29, 1.82) is 0 Å². The lowest BCUT2D eigenvalue weighted by Crippen LogP contribution is -2.39. The van der Waals surface area contributed by atoms with E-state index in [-0.39, 0.29) is 17.1 Å². The number of aryl methyl sites for hydroxylation is 2. The highest BCUT2D eigenvalue weighted by molar-refractivity contribution is 8.01. The molecule has 10 heteroatoms. The van der Waals surface area contributed by atoms with E-state index in [9.17, 15) is 14.0 Å². The maximum absolute atomic E-state index is 13.0. The van der Waals surface area contributed by atoms with Crippen LogP contribution in [0.5, 0.6) is 0 Å². The van der Waals surface area contributed by atoms with Gasteiger partial charge in [0.05, 0.1) is 12.0 Å². The Morgan fingerprint density at radius 2 is 1.93 bits per heavy atom. The molecular formula is C19H18FN5O2S2. The van der Waals surface area contributed by atoms with E-state index in [4.69, 9.17) is 0 Å². The Bertz CT molecular complexity index is 1290. The summed E-state index contributed by atoms with van der Waals surface area (Å²) in [6, 6.07) is 6.24. The van der Waals surface area contributed by atoms with Crippen LogP contribution in [0.1, 0.15) is 6.42 Å². The molecule has 7 nitrogen and oxygen atoms in total. The number of fused-ring (bicyclic) bond motifs is 1. The van der Waals surface area contributed by atoms with Gasteiger partial charge in [-0.2, -0.15) is 0 Å². The molecule has 0 bridgehead atoms. The van der Waals surface area contributed by atoms with Crippen LogP contribution >= 0.6 is 23.1 Å². The summed E-state index contributed by atoms with van der Waals surface area (Å²) in [4.78, 5) is 33.9. The highest BCUT2D eigenvalue weighted by Crippen LogP contribution is 2.28. The smallest absolute Gasteiger partial charge is 0.328 e. The SMILES string of the molecule is Cn1cnc2c1c(=O)n(CCCSc1nc(-c3ccc(F)cc3)cs1)c(=O)n2C. The zero-order valence-electron chi connectivity index (χ0n) is 15.8. The minimum Gasteiger partial charge on any atom is -0.328 e. The van der Waals surface area contributed by atoms with Crippen LogP contribution in [0.3, 0.4) is 0 Å². The molecule has 0 saturated carbocycles. The number of thiazole rings is 1. The van der Waals surface area contributed by atoms with Crippen LogP contribution in [0.4, 0.5) is 4.39 Å². The first kappa shape index (κ1) is 19.6. The van der Waals surface area contributed by atoms with E-state index in [0.717, 1.165) is 21.3 Å². The fraction of sp³-hybridized carbons (Fsp3) is 0.263. The molecule has 0 unspecified atom stereocenters. The van der Waals surface area contributed by atoms with Gasteiger partial charge >= 0.3 is 5.69 Å². The number of imidazole rings is 1. The molecule has 3 aromatic heterocycles. The molecule has 0 atom stereocenters. The molecule has 0 aliphatic heterocycles. The van der Waals surface area contributed by atoms with Crippen molar-refractivity contribution < 1.29 is 4.39 Å². The van der Waals surface area contributed by atoms with Gasteiger partial charge in [-0.15, -0.1) is 11.3 Å². The lowest BCUT2D eigenvalue weighted by molar-refractivity contribution is 0.594. The van der Waals surface area contributed by atoms with Gasteiger partial charge in [-0.25, -0.2) is 19.2 Å². The zero-order chi connectivity index (χ0) is 20.5. The number of aromatic nitrogens is 5. The van der Waals surface area contributed by atoms with Crippen molar-refractivity contribution in [3.05, 3.63) is 62.6 Å². The summed E-state index contributed by atoms with van der Waals surface area (Å²) in [6.45, 7) is 0.329. The third-order valence-electron chi connectivity index (χ3n) is 4.58. The Kier molecular flexibility index (Phi) is 5.37. The van der Waals surface area contributed by atoms with E-state index < -0.39 is 0 Å². The Morgan fingerprint density at radius 1 is 1.17 bits per heavy atom. The normalized spacial score (nSPS) is 11.4. The van der Waals surface area contributed by atoms with Crippen LogP contribution in [-0.2, 0) is 20.6 Å². The second kappa shape index (κ2) is 7.96. The fourth-order valence-corrected chi connectivity index (χ4v) is 4.88. The lowest BCUT2D eigenvalue weighted by atomic mass is 10.2. The molecule has 0 spiro atoms. The number of hydrogen-bond acceptors (Lipinski definition) is 6. The summed E-state index contributed by atoms with van der Waals surface area (Å²) in [7, 11) is 3.36. The first-order chi connectivity index (χ1) is 14.0. The minimum absolute atomic E-state index is 0.274. The quantitative estimate of drug-likeness (QED) is 0.347. The van der Waals surface area contributed by atoms with E-state index in [1.165, 1.54) is 38.9 Å². The zero-order valence-corrected chi connectivity index (χ0v) is 17.5. The molecule has 0 fully saturated rings. The maximum Gasteiger partial charge on any atom is 0.332 e. The Labute approximate surface area is 173 Å². The van der Waals surface area contributed by atoms with Crippen LogP contribution in [0, 0.1) is 5.82 Å². The van der Waals surface area contributed by atoms with Crippen LogP contribution in [0.2, 0.25) is 0 Å². The minimum atomic E-state index is -0.362. The third-order valence-corrected chi connectivity index (χ3v) is 6.68. The van der Waals surface area contributed by atoms with Crippen LogP contribution < -0.4 is 11.2 Å². The van der Waals surface area contributed by atoms with Gasteiger partial charge in [0.1, 0.15) is 5.82 Å². The van der Waals surface area contributed by atoms with E-state index in [1.54, 1.807) is 42.6 Å². The van der Waals surface area contributed by atoms with E-state index in [1.807, 2.05) is 5.38 Å². The summed E-state index contributed by atoms with van der Waals surface area (Å²) >= 11 is 3.09. The third kappa shape index (κ3) is 3.77. The van der Waals surface area contributed by atoms with Crippen molar-refractivity contribution in [2.45, 2.75) is 17.3 Å². The topological polar surface area (TPSA) is 74.7 Å². The Morgan fingerprint density at radius 3 is 2.69 bits per heavy atom. The number of thioether (sulfide) groups is 1. The van der Waals surface area contributed by atoms with Crippen LogP contribution in [0.15, 0.2) is 49.9 Å². The van der Waals surface area contributed by atoms with Gasteiger partial charge in [0.25, 0.3) is 5.56 Å². The fourth-order valence-electron chi connectivity index (χ4n) is 3.05. The number of rotatable bonds is 6. The van der Waals surface area contributed by atoms with Gasteiger partial charge in [0.15, 0.2) is 15.5 Å². The molecule has 0 N–H and O–H groups in total. The summed E-state index contributed by atoms with van der Waals surface area (Å²) in [5, 5.41) is 1.94. The van der Waals surface area contributed by atoms with Gasteiger partial charge < -0.3 is 4.57 Å². The van der Waals surface area contributed by atoms with Gasteiger partial charge in [0, 0.05) is 37.3 Å². The molecule has 150 valence electrons. The average Bonchev–Trinajstić information content (AvgIpc) is 3.33. The van der Waals surface area contributed by atoms with Gasteiger partial charge in [-0.05, 0) is 30.7 Å². The summed E-state index contributed by atoms with van der Waals surface area (Å²) in [5.74, 6) is 0.444. The lowest BCUT2D eigenvalue weighted by Gasteiger charge is -2.08. The van der Waals surface area contributed by atoms with E-state index >= 15 is 0 Å². The molecule has 0 amide bonds. The molecule has 1 aromatic carbocycles. The Balaban J connectivity index is 1.43. The molecule has 0 saturated heterocycles. The van der Waals surface area contributed by atoms with E-state index in [0.29, 0.717) is 24.1 Å². The van der Waals surface area contributed by atoms with Crippen LogP contribution in [0.25, 0.3) is 22.4 Å². The first-order valence-corrected chi connectivity index (χ1v) is 10.8. The van der Waals surface area contributed by atoms with Crippen molar-refractivity contribution in [2.75, 3.05) is 5.75 Å². The van der Waals surface area contributed by atoms with Crippen molar-refractivity contribution in [3.63, 3.8) is 0 Å². The number of nitrogens with zero attached hydrogens (tertiary/aromatic N) is 5. The van der Waals surface area contributed by atoms with Crippen molar-refractivity contribution in [3.8, 4) is 11.3 Å². The highest BCUT2D eigenvalue weighted by atomic mass is 32.2. The van der Waals surface area contributed by atoms with Crippen molar-refractivity contribution in [1.82, 2.24) is 23.7 Å². The van der Waals surface area contributed by atoms with Crippen molar-refractivity contribution >= 4 is 34.3 Å². The van der Waals surface area contributed by atoms with E-state index in [2.05, 4.69) is 9.97 Å². The largest absolute Gasteiger partial charge is 0.332 e. The number of halogens is 1. The van der Waals surface area contributed by atoms with Crippen molar-refractivity contribution in [2.24, 2.45) is 14.1 Å². The molecule has 4 rings (SSSR count). The van der Waals surface area contributed by atoms with Gasteiger partial charge in [0.2, 0.25) is 0 Å². The Hall–Kier alpha value is -2.72. The predicted molar refractivity (Wildman–Crippen MR) is 113 cm³/mol. The highest BCUT2D eigenvalue weighted by Gasteiger charge is 2.14. The first-order valence-electron chi connectivity index (χ1n) is 8.91. The average molecular weight is 432 g/mol. The molecule has 3 heterocycles. The number of hydrogen-bond donors (Lipinski definition) is 0. The maximum atomic E-state index is 13.0. The van der Waals surface area contributed by atoms with Crippen LogP contribution in [-0.4, -0.2) is 29.4 Å². The molecule has 0 aliphatic carbocycles. The molecule has 0 aliphatic rings. The molecular weight excluding hydrogens is 413 g/mol. The summed E-state index contributed by atoms with van der Waals surface area (Å²) in [6.07, 6.45) is 2.18. The molecule has 4 aromatic rings. The monoisotopic (exact) mass is 431 g/mol. The second-order valence-corrected chi connectivity index (χ2v) is 8.73. The summed E-state index contributed by atoms with van der Waals surface area (Å²) in [5.41, 5.74) is 1.81. The molecule has 29 heavy (non-hydrogen) atoms.